The minimum atomic E-state index is -2.91. The Labute approximate surface area is 159 Å². The molecule has 1 N–H and O–H groups in total. The lowest BCUT2D eigenvalue weighted by molar-refractivity contribution is -0.118. The minimum Gasteiger partial charge on any atom is -0.493 e. The zero-order valence-corrected chi connectivity index (χ0v) is 15.6. The van der Waals surface area contributed by atoms with Crippen LogP contribution in [-0.4, -0.2) is 31.9 Å². The van der Waals surface area contributed by atoms with Crippen LogP contribution in [0.4, 0.5) is 8.78 Å². The Morgan fingerprint density at radius 2 is 2.00 bits per heavy atom. The molecule has 0 heterocycles. The van der Waals surface area contributed by atoms with Crippen molar-refractivity contribution in [3.05, 3.63) is 53.1 Å². The van der Waals surface area contributed by atoms with E-state index < -0.39 is 6.61 Å². The average Bonchev–Trinajstić information content (AvgIpc) is 2.61. The highest BCUT2D eigenvalue weighted by molar-refractivity contribution is 8.00. The summed E-state index contributed by atoms with van der Waals surface area (Å²) in [6.45, 7) is -2.50. The molecule has 0 bridgehead atoms. The molecule has 0 unspecified atom stereocenters. The summed E-state index contributed by atoms with van der Waals surface area (Å²) in [7, 11) is 1.38. The Balaban J connectivity index is 1.80. The van der Waals surface area contributed by atoms with Crippen molar-refractivity contribution >= 4 is 29.3 Å². The van der Waals surface area contributed by atoms with E-state index in [1.165, 1.54) is 24.9 Å². The smallest absolute Gasteiger partial charge is 0.387 e. The lowest BCUT2D eigenvalue weighted by Crippen LogP contribution is -2.27. The molecule has 0 saturated heterocycles. The van der Waals surface area contributed by atoms with Gasteiger partial charge in [0.1, 0.15) is 0 Å². The van der Waals surface area contributed by atoms with E-state index in [0.717, 1.165) is 10.5 Å². The first-order valence-corrected chi connectivity index (χ1v) is 9.11. The fraction of sp³-hybridized carbons (Fsp3) is 0.278. The van der Waals surface area contributed by atoms with Crippen LogP contribution in [0.25, 0.3) is 0 Å². The van der Waals surface area contributed by atoms with Gasteiger partial charge in [-0.15, -0.1) is 11.8 Å². The van der Waals surface area contributed by atoms with Crippen LogP contribution in [-0.2, 0) is 11.2 Å². The highest BCUT2D eigenvalue weighted by atomic mass is 35.5. The zero-order chi connectivity index (χ0) is 18.9. The molecule has 1 amide bonds. The summed E-state index contributed by atoms with van der Waals surface area (Å²) < 4.78 is 34.1. The molecule has 0 aromatic heterocycles. The van der Waals surface area contributed by atoms with Crippen molar-refractivity contribution in [2.75, 3.05) is 19.4 Å². The number of carbonyl (C=O) groups excluding carboxylic acids is 1. The second-order valence-corrected chi connectivity index (χ2v) is 6.61. The standard InChI is InChI=1S/C18H18ClF2NO3S/c1-24-15-10-12(6-7-14(15)25-18(20)21)8-9-22-17(23)11-26-16-5-3-2-4-13(16)19/h2-7,10,18H,8-9,11H2,1H3,(H,22,23). The molecule has 0 aliphatic rings. The maximum Gasteiger partial charge on any atom is 0.387 e. The molecule has 0 spiro atoms. The second-order valence-electron chi connectivity index (χ2n) is 5.18. The van der Waals surface area contributed by atoms with Crippen LogP contribution in [0.15, 0.2) is 47.4 Å². The molecular formula is C18H18ClF2NO3S. The molecule has 2 aromatic carbocycles. The van der Waals surface area contributed by atoms with E-state index in [1.807, 2.05) is 18.2 Å². The molecule has 0 aliphatic carbocycles. The fourth-order valence-electron chi connectivity index (χ4n) is 2.16. The Morgan fingerprint density at radius 1 is 1.23 bits per heavy atom. The first kappa shape index (κ1) is 20.3. The molecule has 0 aliphatic heterocycles. The van der Waals surface area contributed by atoms with Gasteiger partial charge in [-0.25, -0.2) is 0 Å². The number of thioether (sulfide) groups is 1. The first-order chi connectivity index (χ1) is 12.5. The normalized spacial score (nSPS) is 10.7. The van der Waals surface area contributed by atoms with Crippen molar-refractivity contribution in [2.24, 2.45) is 0 Å². The van der Waals surface area contributed by atoms with Crippen LogP contribution in [0.3, 0.4) is 0 Å². The van der Waals surface area contributed by atoms with Gasteiger partial charge in [-0.3, -0.25) is 4.79 Å². The van der Waals surface area contributed by atoms with Crippen molar-refractivity contribution in [2.45, 2.75) is 17.9 Å². The van der Waals surface area contributed by atoms with E-state index in [4.69, 9.17) is 16.3 Å². The highest BCUT2D eigenvalue weighted by Gasteiger charge is 2.11. The molecule has 4 nitrogen and oxygen atoms in total. The zero-order valence-electron chi connectivity index (χ0n) is 14.0. The van der Waals surface area contributed by atoms with Gasteiger partial charge in [0.25, 0.3) is 0 Å². The topological polar surface area (TPSA) is 47.6 Å². The summed E-state index contributed by atoms with van der Waals surface area (Å²) in [5.41, 5.74) is 0.836. The fourth-order valence-corrected chi connectivity index (χ4v) is 3.23. The van der Waals surface area contributed by atoms with E-state index >= 15 is 0 Å². The first-order valence-electron chi connectivity index (χ1n) is 7.75. The molecule has 0 atom stereocenters. The number of hydrogen-bond donors (Lipinski definition) is 1. The Hall–Kier alpha value is -1.99. The Morgan fingerprint density at radius 3 is 2.69 bits per heavy atom. The second kappa shape index (κ2) is 10.2. The molecule has 0 radical (unpaired) electrons. The van der Waals surface area contributed by atoms with Crippen LogP contribution in [0, 0.1) is 0 Å². The maximum atomic E-state index is 12.3. The highest BCUT2D eigenvalue weighted by Crippen LogP contribution is 2.29. The van der Waals surface area contributed by atoms with Crippen LogP contribution >= 0.6 is 23.4 Å². The van der Waals surface area contributed by atoms with E-state index in [9.17, 15) is 13.6 Å². The van der Waals surface area contributed by atoms with Gasteiger partial charge >= 0.3 is 6.61 Å². The maximum absolute atomic E-state index is 12.3. The third-order valence-electron chi connectivity index (χ3n) is 3.38. The number of halogens is 3. The molecule has 140 valence electrons. The molecule has 2 aromatic rings. The van der Waals surface area contributed by atoms with Crippen molar-refractivity contribution in [3.63, 3.8) is 0 Å². The van der Waals surface area contributed by atoms with Crippen molar-refractivity contribution in [1.29, 1.82) is 0 Å². The van der Waals surface area contributed by atoms with Crippen molar-refractivity contribution in [1.82, 2.24) is 5.32 Å². The Bertz CT molecular complexity index is 746. The lowest BCUT2D eigenvalue weighted by atomic mass is 10.1. The third kappa shape index (κ3) is 6.38. The Kier molecular flexibility index (Phi) is 8.00. The van der Waals surface area contributed by atoms with E-state index in [1.54, 1.807) is 18.2 Å². The van der Waals surface area contributed by atoms with Gasteiger partial charge in [-0.1, -0.05) is 29.8 Å². The average molecular weight is 402 g/mol. The van der Waals surface area contributed by atoms with Gasteiger partial charge in [0.05, 0.1) is 17.9 Å². The van der Waals surface area contributed by atoms with Gasteiger partial charge in [0, 0.05) is 11.4 Å². The molecule has 2 rings (SSSR count). The molecular weight excluding hydrogens is 384 g/mol. The number of nitrogens with one attached hydrogen (secondary N) is 1. The summed E-state index contributed by atoms with van der Waals surface area (Å²) in [6.07, 6.45) is 0.536. The van der Waals surface area contributed by atoms with Gasteiger partial charge in [0.15, 0.2) is 11.5 Å². The third-order valence-corrected chi connectivity index (χ3v) is 4.89. The number of amides is 1. The number of ether oxygens (including phenoxy) is 2. The van der Waals surface area contributed by atoms with E-state index in [0.29, 0.717) is 18.0 Å². The molecule has 0 fully saturated rings. The van der Waals surface area contributed by atoms with Crippen LogP contribution < -0.4 is 14.8 Å². The van der Waals surface area contributed by atoms with Crippen molar-refractivity contribution < 1.29 is 23.0 Å². The van der Waals surface area contributed by atoms with Crippen LogP contribution in [0.2, 0.25) is 5.02 Å². The van der Waals surface area contributed by atoms with Crippen LogP contribution in [0.1, 0.15) is 5.56 Å². The monoisotopic (exact) mass is 401 g/mol. The SMILES string of the molecule is COc1cc(CCNC(=O)CSc2ccccc2Cl)ccc1OC(F)F. The largest absolute Gasteiger partial charge is 0.493 e. The van der Waals surface area contributed by atoms with Gasteiger partial charge in [-0.2, -0.15) is 8.78 Å². The number of alkyl halides is 2. The van der Waals surface area contributed by atoms with Gasteiger partial charge in [-0.05, 0) is 36.2 Å². The summed E-state index contributed by atoms with van der Waals surface area (Å²) in [5.74, 6) is 0.350. The number of methoxy groups -OCH3 is 1. The minimum absolute atomic E-state index is 0.0218. The predicted octanol–water partition coefficient (Wildman–Crippen LogP) is 4.40. The lowest BCUT2D eigenvalue weighted by Gasteiger charge is -2.11. The van der Waals surface area contributed by atoms with Gasteiger partial charge < -0.3 is 14.8 Å². The number of carbonyl (C=O) groups is 1. The summed E-state index contributed by atoms with van der Waals surface area (Å²) in [5, 5.41) is 3.42. The van der Waals surface area contributed by atoms with Crippen molar-refractivity contribution in [3.8, 4) is 11.5 Å². The van der Waals surface area contributed by atoms with E-state index in [-0.39, 0.29) is 23.2 Å². The predicted molar refractivity (Wildman–Crippen MR) is 98.5 cm³/mol. The molecule has 8 heteroatoms. The summed E-state index contributed by atoms with van der Waals surface area (Å²) >= 11 is 7.41. The number of rotatable bonds is 9. The number of hydrogen-bond acceptors (Lipinski definition) is 4. The number of benzene rings is 2. The quantitative estimate of drug-likeness (QED) is 0.632. The molecule has 0 saturated carbocycles. The molecule has 26 heavy (non-hydrogen) atoms. The van der Waals surface area contributed by atoms with E-state index in [2.05, 4.69) is 10.1 Å². The van der Waals surface area contributed by atoms with Gasteiger partial charge in [0.2, 0.25) is 5.91 Å². The summed E-state index contributed by atoms with van der Waals surface area (Å²) in [6, 6.07) is 12.0. The summed E-state index contributed by atoms with van der Waals surface area (Å²) in [4.78, 5) is 12.8. The van der Waals surface area contributed by atoms with Crippen LogP contribution in [0.5, 0.6) is 11.5 Å².